The van der Waals surface area contributed by atoms with E-state index in [9.17, 15) is 9.90 Å². The van der Waals surface area contributed by atoms with Crippen molar-refractivity contribution >= 4 is 33.3 Å². The van der Waals surface area contributed by atoms with Gasteiger partial charge in [0.1, 0.15) is 16.1 Å². The highest BCUT2D eigenvalue weighted by atomic mass is 32.1. The van der Waals surface area contributed by atoms with Crippen molar-refractivity contribution in [3.05, 3.63) is 33.8 Å². The molecule has 0 unspecified atom stereocenters. The van der Waals surface area contributed by atoms with Crippen LogP contribution in [-0.4, -0.2) is 21.0 Å². The summed E-state index contributed by atoms with van der Waals surface area (Å²) in [7, 11) is 0. The van der Waals surface area contributed by atoms with Gasteiger partial charge in [-0.3, -0.25) is 4.79 Å². The molecule has 2 aromatic heterocycles. The van der Waals surface area contributed by atoms with Crippen molar-refractivity contribution in [1.82, 2.24) is 9.97 Å². The molecule has 1 aromatic carbocycles. The van der Waals surface area contributed by atoms with Crippen molar-refractivity contribution in [1.29, 1.82) is 0 Å². The molecule has 5 N–H and O–H groups in total. The van der Waals surface area contributed by atoms with E-state index in [1.807, 2.05) is 13.8 Å². The number of carbonyl (C=O) groups excluding carboxylic acids is 1. The Labute approximate surface area is 136 Å². The van der Waals surface area contributed by atoms with Crippen LogP contribution >= 0.6 is 11.3 Å². The fraction of sp³-hybridized carbons (Fsp3) is 0.188. The SMILES string of the molecule is Cc1nc2c(C(N)=O)c(N)c(-c3c(C)ccc(O)c3C)nc2s1. The van der Waals surface area contributed by atoms with Crippen LogP contribution < -0.4 is 11.5 Å². The van der Waals surface area contributed by atoms with Crippen LogP contribution in [0.1, 0.15) is 26.5 Å². The molecule has 0 saturated heterocycles. The fourth-order valence-electron chi connectivity index (χ4n) is 2.70. The molecular weight excluding hydrogens is 312 g/mol. The quantitative estimate of drug-likeness (QED) is 0.669. The van der Waals surface area contributed by atoms with Gasteiger partial charge in [-0.15, -0.1) is 0 Å². The van der Waals surface area contributed by atoms with Crippen molar-refractivity contribution in [3.63, 3.8) is 0 Å². The highest BCUT2D eigenvalue weighted by Crippen LogP contribution is 2.38. The van der Waals surface area contributed by atoms with Crippen LogP contribution in [0.3, 0.4) is 0 Å². The second-order valence-electron chi connectivity index (χ2n) is 5.40. The number of carbonyl (C=O) groups is 1. The number of aromatic nitrogens is 2. The van der Waals surface area contributed by atoms with Crippen LogP contribution in [0, 0.1) is 20.8 Å². The number of hydrogen-bond acceptors (Lipinski definition) is 6. The standard InChI is InChI=1S/C16H16N4O2S/c1-6-4-5-9(21)7(2)10(6)13-12(17)11(15(18)22)14-16(20-13)23-8(3)19-14/h4-5,21H,17H2,1-3H3,(H2,18,22). The van der Waals surface area contributed by atoms with Crippen molar-refractivity contribution in [2.75, 3.05) is 5.73 Å². The highest BCUT2D eigenvalue weighted by molar-refractivity contribution is 7.18. The molecule has 0 aliphatic carbocycles. The van der Waals surface area contributed by atoms with Gasteiger partial charge in [-0.05, 0) is 32.4 Å². The van der Waals surface area contributed by atoms with E-state index < -0.39 is 5.91 Å². The van der Waals surface area contributed by atoms with E-state index in [4.69, 9.17) is 11.5 Å². The topological polar surface area (TPSA) is 115 Å². The predicted molar refractivity (Wildman–Crippen MR) is 91.7 cm³/mol. The lowest BCUT2D eigenvalue weighted by molar-refractivity contribution is 0.100. The number of phenolic OH excluding ortho intramolecular Hbond substituents is 1. The number of nitrogen functional groups attached to an aromatic ring is 1. The molecule has 0 fully saturated rings. The molecule has 0 radical (unpaired) electrons. The van der Waals surface area contributed by atoms with Gasteiger partial charge < -0.3 is 16.6 Å². The number of benzene rings is 1. The van der Waals surface area contributed by atoms with E-state index in [0.717, 1.165) is 10.6 Å². The number of nitrogens with two attached hydrogens (primary N) is 2. The molecule has 3 aromatic rings. The molecule has 1 amide bonds. The van der Waals surface area contributed by atoms with Gasteiger partial charge in [0, 0.05) is 11.1 Å². The van der Waals surface area contributed by atoms with Crippen LogP contribution in [-0.2, 0) is 0 Å². The van der Waals surface area contributed by atoms with E-state index >= 15 is 0 Å². The summed E-state index contributed by atoms with van der Waals surface area (Å²) in [4.78, 5) is 21.4. The Hall–Kier alpha value is -2.67. The number of rotatable bonds is 2. The second kappa shape index (κ2) is 5.20. The first-order valence-corrected chi connectivity index (χ1v) is 7.78. The van der Waals surface area contributed by atoms with Crippen molar-refractivity contribution in [2.24, 2.45) is 5.73 Å². The molecule has 0 spiro atoms. The molecular formula is C16H16N4O2S. The third kappa shape index (κ3) is 2.29. The van der Waals surface area contributed by atoms with Gasteiger partial charge in [0.2, 0.25) is 0 Å². The lowest BCUT2D eigenvalue weighted by Gasteiger charge is -2.14. The number of aromatic hydroxyl groups is 1. The normalized spacial score (nSPS) is 11.1. The van der Waals surface area contributed by atoms with Gasteiger partial charge in [0.25, 0.3) is 5.91 Å². The number of phenols is 1. The Morgan fingerprint density at radius 3 is 2.57 bits per heavy atom. The minimum atomic E-state index is -0.642. The number of aryl methyl sites for hydroxylation is 2. The Kier molecular flexibility index (Phi) is 3.45. The number of fused-ring (bicyclic) bond motifs is 1. The van der Waals surface area contributed by atoms with E-state index in [-0.39, 0.29) is 17.0 Å². The average Bonchev–Trinajstić information content (AvgIpc) is 2.83. The van der Waals surface area contributed by atoms with Crippen LogP contribution in [0.15, 0.2) is 12.1 Å². The number of nitrogens with zero attached hydrogens (tertiary/aromatic N) is 2. The summed E-state index contributed by atoms with van der Waals surface area (Å²) in [5.74, 6) is -0.495. The van der Waals surface area contributed by atoms with E-state index in [1.54, 1.807) is 19.1 Å². The smallest absolute Gasteiger partial charge is 0.253 e. The number of amides is 1. The second-order valence-corrected chi connectivity index (χ2v) is 6.58. The van der Waals surface area contributed by atoms with E-state index in [2.05, 4.69) is 9.97 Å². The number of anilines is 1. The van der Waals surface area contributed by atoms with Crippen LogP contribution in [0.25, 0.3) is 21.6 Å². The largest absolute Gasteiger partial charge is 0.508 e. The fourth-order valence-corrected chi connectivity index (χ4v) is 3.50. The van der Waals surface area contributed by atoms with Gasteiger partial charge in [-0.25, -0.2) is 9.97 Å². The molecule has 0 aliphatic rings. The first-order chi connectivity index (χ1) is 10.8. The van der Waals surface area contributed by atoms with Gasteiger partial charge >= 0.3 is 0 Å². The Morgan fingerprint density at radius 2 is 1.91 bits per heavy atom. The monoisotopic (exact) mass is 328 g/mol. The summed E-state index contributed by atoms with van der Waals surface area (Å²) in [6.07, 6.45) is 0. The molecule has 6 nitrogen and oxygen atoms in total. The first kappa shape index (κ1) is 15.2. The number of hydrogen-bond donors (Lipinski definition) is 3. The van der Waals surface area contributed by atoms with Crippen LogP contribution in [0.5, 0.6) is 5.75 Å². The molecule has 3 rings (SSSR count). The zero-order valence-corrected chi connectivity index (χ0v) is 13.8. The molecule has 0 bridgehead atoms. The van der Waals surface area contributed by atoms with E-state index in [1.165, 1.54) is 11.3 Å². The summed E-state index contributed by atoms with van der Waals surface area (Å²) in [6.45, 7) is 5.51. The zero-order chi connectivity index (χ0) is 16.9. The van der Waals surface area contributed by atoms with E-state index in [0.29, 0.717) is 27.2 Å². The summed E-state index contributed by atoms with van der Waals surface area (Å²) < 4.78 is 0. The van der Waals surface area contributed by atoms with Gasteiger partial charge in [0.05, 0.1) is 22.0 Å². The minimum absolute atomic E-state index is 0.146. The van der Waals surface area contributed by atoms with Crippen LogP contribution in [0.2, 0.25) is 0 Å². The predicted octanol–water partition coefficient (Wildman–Crippen LogP) is 2.67. The highest BCUT2D eigenvalue weighted by Gasteiger charge is 2.23. The molecule has 0 aliphatic heterocycles. The van der Waals surface area contributed by atoms with Gasteiger partial charge in [-0.2, -0.15) is 0 Å². The Morgan fingerprint density at radius 1 is 1.22 bits per heavy atom. The summed E-state index contributed by atoms with van der Waals surface area (Å²) >= 11 is 1.37. The van der Waals surface area contributed by atoms with Crippen molar-refractivity contribution in [3.8, 4) is 17.0 Å². The summed E-state index contributed by atoms with van der Waals surface area (Å²) in [5.41, 5.74) is 15.2. The van der Waals surface area contributed by atoms with Crippen LogP contribution in [0.4, 0.5) is 5.69 Å². The molecule has 23 heavy (non-hydrogen) atoms. The Bertz CT molecular complexity index is 963. The molecule has 0 saturated carbocycles. The minimum Gasteiger partial charge on any atom is -0.508 e. The van der Waals surface area contributed by atoms with Gasteiger partial charge in [-0.1, -0.05) is 17.4 Å². The number of thiazole rings is 1. The Balaban J connectivity index is 2.46. The molecule has 0 atom stereocenters. The zero-order valence-electron chi connectivity index (χ0n) is 13.0. The maximum atomic E-state index is 11.9. The average molecular weight is 328 g/mol. The number of pyridine rings is 1. The first-order valence-electron chi connectivity index (χ1n) is 6.97. The third-order valence-corrected chi connectivity index (χ3v) is 4.68. The summed E-state index contributed by atoms with van der Waals surface area (Å²) in [5, 5.41) is 10.8. The molecule has 7 heteroatoms. The maximum Gasteiger partial charge on any atom is 0.253 e. The lowest BCUT2D eigenvalue weighted by Crippen LogP contribution is -2.16. The number of primary amides is 1. The van der Waals surface area contributed by atoms with Crippen molar-refractivity contribution in [2.45, 2.75) is 20.8 Å². The lowest BCUT2D eigenvalue weighted by atomic mass is 9.96. The van der Waals surface area contributed by atoms with Crippen molar-refractivity contribution < 1.29 is 9.90 Å². The maximum absolute atomic E-state index is 11.9. The molecule has 118 valence electrons. The third-order valence-electron chi connectivity index (χ3n) is 3.82. The summed E-state index contributed by atoms with van der Waals surface area (Å²) in [6, 6.07) is 3.40. The van der Waals surface area contributed by atoms with Gasteiger partial charge in [0.15, 0.2) is 0 Å². The molecule has 2 heterocycles.